The molecule has 2 rings (SSSR count). The van der Waals surface area contributed by atoms with Crippen molar-refractivity contribution in [1.82, 2.24) is 0 Å². The van der Waals surface area contributed by atoms with Crippen molar-refractivity contribution < 1.29 is 9.59 Å². The molecule has 2 nitrogen and oxygen atoms in total. The average molecular weight is 256 g/mol. The number of carbonyl (C=O) groups excluding carboxylic acids is 2. The van der Waals surface area contributed by atoms with Crippen LogP contribution in [0.4, 0.5) is 0 Å². The standard InChI is InChI=1S/C17H20O2/c1-13(18)16(12-14-8-4-2-5-9-14)17(19)15-10-6-3-7-11-15/h2,4-5,8-9,12,15H,3,6-7,10-11H2,1H3/b16-12+. The Bertz CT molecular complexity index is 479. The third-order valence-corrected chi connectivity index (χ3v) is 3.73. The van der Waals surface area contributed by atoms with Gasteiger partial charge in [-0.15, -0.1) is 0 Å². The lowest BCUT2D eigenvalue weighted by atomic mass is 9.82. The zero-order valence-corrected chi connectivity index (χ0v) is 11.4. The topological polar surface area (TPSA) is 34.1 Å². The summed E-state index contributed by atoms with van der Waals surface area (Å²) in [6.45, 7) is 1.48. The summed E-state index contributed by atoms with van der Waals surface area (Å²) in [6, 6.07) is 9.57. The molecule has 2 heteroatoms. The summed E-state index contributed by atoms with van der Waals surface area (Å²) in [7, 11) is 0. The fourth-order valence-corrected chi connectivity index (χ4v) is 2.65. The van der Waals surface area contributed by atoms with Crippen molar-refractivity contribution in [2.24, 2.45) is 5.92 Å². The van der Waals surface area contributed by atoms with Gasteiger partial charge in [0.1, 0.15) is 0 Å². The number of Topliss-reactive ketones (excluding diaryl/α,β-unsaturated/α-hetero) is 2. The molecule has 1 aliphatic carbocycles. The van der Waals surface area contributed by atoms with Crippen LogP contribution in [-0.4, -0.2) is 11.6 Å². The van der Waals surface area contributed by atoms with Gasteiger partial charge in [-0.1, -0.05) is 49.6 Å². The molecule has 0 aromatic heterocycles. The Morgan fingerprint density at radius 2 is 1.68 bits per heavy atom. The van der Waals surface area contributed by atoms with Crippen molar-refractivity contribution in [3.8, 4) is 0 Å². The van der Waals surface area contributed by atoms with E-state index in [-0.39, 0.29) is 17.5 Å². The van der Waals surface area contributed by atoms with E-state index < -0.39 is 0 Å². The Balaban J connectivity index is 2.22. The van der Waals surface area contributed by atoms with Crippen molar-refractivity contribution in [3.05, 3.63) is 41.5 Å². The van der Waals surface area contributed by atoms with Crippen LogP contribution in [0.1, 0.15) is 44.6 Å². The lowest BCUT2D eigenvalue weighted by Gasteiger charge is -2.20. The highest BCUT2D eigenvalue weighted by atomic mass is 16.1. The molecule has 0 atom stereocenters. The molecule has 0 unspecified atom stereocenters. The molecular formula is C17H20O2. The Morgan fingerprint density at radius 1 is 1.05 bits per heavy atom. The van der Waals surface area contributed by atoms with E-state index in [2.05, 4.69) is 0 Å². The van der Waals surface area contributed by atoms with E-state index in [4.69, 9.17) is 0 Å². The van der Waals surface area contributed by atoms with Gasteiger partial charge in [0.25, 0.3) is 0 Å². The molecule has 0 bridgehead atoms. The number of rotatable bonds is 4. The molecule has 0 amide bonds. The van der Waals surface area contributed by atoms with Crippen LogP contribution >= 0.6 is 0 Å². The Kier molecular flexibility index (Phi) is 4.67. The first-order valence-electron chi connectivity index (χ1n) is 7.00. The van der Waals surface area contributed by atoms with Gasteiger partial charge in [0.15, 0.2) is 11.6 Å². The number of hydrogen-bond donors (Lipinski definition) is 0. The predicted octanol–water partition coefficient (Wildman–Crippen LogP) is 3.81. The minimum absolute atomic E-state index is 0.0380. The van der Waals surface area contributed by atoms with E-state index in [1.54, 1.807) is 6.08 Å². The molecular weight excluding hydrogens is 236 g/mol. The summed E-state index contributed by atoms with van der Waals surface area (Å²) in [5.74, 6) is -0.0388. The first-order chi connectivity index (χ1) is 9.18. The van der Waals surface area contributed by atoms with E-state index >= 15 is 0 Å². The Hall–Kier alpha value is -1.70. The molecule has 0 N–H and O–H groups in total. The average Bonchev–Trinajstić information content (AvgIpc) is 2.46. The van der Waals surface area contributed by atoms with Gasteiger partial charge in [-0.2, -0.15) is 0 Å². The number of benzene rings is 1. The molecule has 19 heavy (non-hydrogen) atoms. The van der Waals surface area contributed by atoms with Crippen LogP contribution in [0, 0.1) is 5.92 Å². The fourth-order valence-electron chi connectivity index (χ4n) is 2.65. The molecule has 0 heterocycles. The highest BCUT2D eigenvalue weighted by Gasteiger charge is 2.25. The molecule has 1 fully saturated rings. The molecule has 100 valence electrons. The van der Waals surface area contributed by atoms with Gasteiger partial charge in [-0.3, -0.25) is 9.59 Å². The lowest BCUT2D eigenvalue weighted by molar-refractivity contribution is -0.123. The molecule has 1 saturated carbocycles. The molecule has 1 aromatic rings. The SMILES string of the molecule is CC(=O)/C(=C\c1ccccc1)C(=O)C1CCCCC1. The fraction of sp³-hybridized carbons (Fsp3) is 0.412. The number of allylic oxidation sites excluding steroid dienone is 1. The molecule has 0 radical (unpaired) electrons. The predicted molar refractivity (Wildman–Crippen MR) is 76.7 cm³/mol. The second-order valence-corrected chi connectivity index (χ2v) is 5.22. The second-order valence-electron chi connectivity index (χ2n) is 5.22. The van der Waals surface area contributed by atoms with Crippen molar-refractivity contribution in [1.29, 1.82) is 0 Å². The first-order valence-corrected chi connectivity index (χ1v) is 7.00. The van der Waals surface area contributed by atoms with Crippen molar-refractivity contribution >= 4 is 17.6 Å². The maximum Gasteiger partial charge on any atom is 0.169 e. The lowest BCUT2D eigenvalue weighted by Crippen LogP contribution is -2.22. The normalized spacial score (nSPS) is 17.2. The zero-order chi connectivity index (χ0) is 13.7. The second kappa shape index (κ2) is 6.46. The van der Waals surface area contributed by atoms with Crippen LogP contribution < -0.4 is 0 Å². The Morgan fingerprint density at radius 3 is 2.26 bits per heavy atom. The largest absolute Gasteiger partial charge is 0.294 e. The minimum Gasteiger partial charge on any atom is -0.294 e. The highest BCUT2D eigenvalue weighted by Crippen LogP contribution is 2.27. The molecule has 0 aliphatic heterocycles. The maximum absolute atomic E-state index is 12.5. The van der Waals surface area contributed by atoms with Crippen LogP contribution in [0.15, 0.2) is 35.9 Å². The van der Waals surface area contributed by atoms with Gasteiger partial charge in [-0.05, 0) is 31.4 Å². The number of hydrogen-bond acceptors (Lipinski definition) is 2. The van der Waals surface area contributed by atoms with E-state index in [0.29, 0.717) is 5.57 Å². The van der Waals surface area contributed by atoms with Gasteiger partial charge in [0, 0.05) is 5.92 Å². The van der Waals surface area contributed by atoms with Gasteiger partial charge in [0.2, 0.25) is 0 Å². The summed E-state index contributed by atoms with van der Waals surface area (Å²) in [4.78, 5) is 24.2. The molecule has 0 spiro atoms. The summed E-state index contributed by atoms with van der Waals surface area (Å²) in [5.41, 5.74) is 1.27. The van der Waals surface area contributed by atoms with Crippen LogP contribution in [0.2, 0.25) is 0 Å². The van der Waals surface area contributed by atoms with Gasteiger partial charge < -0.3 is 0 Å². The van der Waals surface area contributed by atoms with E-state index in [1.807, 2.05) is 30.3 Å². The van der Waals surface area contributed by atoms with Gasteiger partial charge in [0.05, 0.1) is 5.57 Å². The van der Waals surface area contributed by atoms with Gasteiger partial charge in [-0.25, -0.2) is 0 Å². The van der Waals surface area contributed by atoms with Crippen molar-refractivity contribution in [2.75, 3.05) is 0 Å². The zero-order valence-electron chi connectivity index (χ0n) is 11.4. The third-order valence-electron chi connectivity index (χ3n) is 3.73. The molecule has 1 aromatic carbocycles. The maximum atomic E-state index is 12.5. The van der Waals surface area contributed by atoms with Crippen LogP contribution in [-0.2, 0) is 9.59 Å². The van der Waals surface area contributed by atoms with Crippen LogP contribution in [0.5, 0.6) is 0 Å². The third kappa shape index (κ3) is 3.63. The van der Waals surface area contributed by atoms with Crippen LogP contribution in [0.3, 0.4) is 0 Å². The summed E-state index contributed by atoms with van der Waals surface area (Å²) < 4.78 is 0. The summed E-state index contributed by atoms with van der Waals surface area (Å²) >= 11 is 0. The van der Waals surface area contributed by atoms with E-state index in [9.17, 15) is 9.59 Å². The smallest absolute Gasteiger partial charge is 0.169 e. The molecule has 1 aliphatic rings. The van der Waals surface area contributed by atoms with E-state index in [1.165, 1.54) is 13.3 Å². The minimum atomic E-state index is -0.126. The highest BCUT2D eigenvalue weighted by molar-refractivity contribution is 6.23. The number of carbonyl (C=O) groups is 2. The summed E-state index contributed by atoms with van der Waals surface area (Å²) in [5, 5.41) is 0. The number of ketones is 2. The Labute approximate surface area is 114 Å². The first kappa shape index (κ1) is 13.7. The summed E-state index contributed by atoms with van der Waals surface area (Å²) in [6.07, 6.45) is 7.01. The van der Waals surface area contributed by atoms with E-state index in [0.717, 1.165) is 31.2 Å². The quantitative estimate of drug-likeness (QED) is 0.466. The van der Waals surface area contributed by atoms with Crippen LogP contribution in [0.25, 0.3) is 6.08 Å². The monoisotopic (exact) mass is 256 g/mol. The molecule has 0 saturated heterocycles. The van der Waals surface area contributed by atoms with Crippen molar-refractivity contribution in [2.45, 2.75) is 39.0 Å². The van der Waals surface area contributed by atoms with Gasteiger partial charge >= 0.3 is 0 Å². The van der Waals surface area contributed by atoms with Crippen molar-refractivity contribution in [3.63, 3.8) is 0 Å².